The van der Waals surface area contributed by atoms with Gasteiger partial charge in [0.05, 0.1) is 6.61 Å². The molecule has 0 aromatic carbocycles. The summed E-state index contributed by atoms with van der Waals surface area (Å²) in [6, 6.07) is -0.253. The van der Waals surface area contributed by atoms with Crippen LogP contribution in [-0.4, -0.2) is 30.3 Å². The van der Waals surface area contributed by atoms with E-state index < -0.39 is 0 Å². The summed E-state index contributed by atoms with van der Waals surface area (Å²) in [5.41, 5.74) is 0. The van der Waals surface area contributed by atoms with E-state index >= 15 is 0 Å². The summed E-state index contributed by atoms with van der Waals surface area (Å²) in [6.07, 6.45) is 0.699. The van der Waals surface area contributed by atoms with Crippen molar-refractivity contribution in [1.82, 2.24) is 10.6 Å². The Morgan fingerprint density at radius 3 is 3.08 bits per heavy atom. The van der Waals surface area contributed by atoms with Crippen molar-refractivity contribution in [1.29, 1.82) is 0 Å². The summed E-state index contributed by atoms with van der Waals surface area (Å²) in [4.78, 5) is 10.9. The Labute approximate surface area is 76.7 Å². The maximum Gasteiger partial charge on any atom is 0.328 e. The van der Waals surface area contributed by atoms with Gasteiger partial charge in [-0.3, -0.25) is 0 Å². The standard InChI is InChI=1S/C7H12N2O2S/c1-2-8-7(12)9-5-3-4-11-6(5)10/h5H,2-4H2,1H3,(H2,8,9,12). The third-order valence-corrected chi connectivity index (χ3v) is 1.84. The van der Waals surface area contributed by atoms with Crippen LogP contribution in [0.4, 0.5) is 0 Å². The fraction of sp³-hybridized carbons (Fsp3) is 0.714. The van der Waals surface area contributed by atoms with Crippen LogP contribution in [0.1, 0.15) is 13.3 Å². The zero-order chi connectivity index (χ0) is 8.97. The van der Waals surface area contributed by atoms with E-state index in [4.69, 9.17) is 17.0 Å². The van der Waals surface area contributed by atoms with E-state index in [1.165, 1.54) is 0 Å². The Morgan fingerprint density at radius 2 is 2.58 bits per heavy atom. The number of carbonyl (C=O) groups excluding carboxylic acids is 1. The lowest BCUT2D eigenvalue weighted by molar-refractivity contribution is -0.139. The Kier molecular flexibility index (Phi) is 3.28. The predicted octanol–water partition coefficient (Wildman–Crippen LogP) is -0.214. The van der Waals surface area contributed by atoms with Crippen molar-refractivity contribution in [2.75, 3.05) is 13.2 Å². The fourth-order valence-corrected chi connectivity index (χ4v) is 1.28. The summed E-state index contributed by atoms with van der Waals surface area (Å²) in [7, 11) is 0. The van der Waals surface area contributed by atoms with E-state index in [0.717, 1.165) is 6.54 Å². The molecule has 0 spiro atoms. The molecule has 5 heteroatoms. The molecule has 4 nitrogen and oxygen atoms in total. The fourth-order valence-electron chi connectivity index (χ4n) is 0.997. The van der Waals surface area contributed by atoms with Crippen LogP contribution in [-0.2, 0) is 9.53 Å². The molecule has 0 bridgehead atoms. The minimum Gasteiger partial charge on any atom is -0.464 e. The molecule has 0 aromatic rings. The highest BCUT2D eigenvalue weighted by molar-refractivity contribution is 7.80. The number of nitrogens with one attached hydrogen (secondary N) is 2. The summed E-state index contributed by atoms with van der Waals surface area (Å²) >= 11 is 4.91. The first kappa shape index (κ1) is 9.25. The highest BCUT2D eigenvalue weighted by Gasteiger charge is 2.26. The molecule has 2 N–H and O–H groups in total. The summed E-state index contributed by atoms with van der Waals surface area (Å²) in [6.45, 7) is 3.19. The summed E-state index contributed by atoms with van der Waals surface area (Å²) in [5.74, 6) is -0.213. The Hall–Kier alpha value is -0.840. The van der Waals surface area contributed by atoms with Gasteiger partial charge in [0.1, 0.15) is 6.04 Å². The molecule has 1 fully saturated rings. The Balaban J connectivity index is 2.30. The Bertz CT molecular complexity index is 196. The molecular formula is C7H12N2O2S. The first-order valence-corrected chi connectivity index (χ1v) is 4.36. The molecule has 1 unspecified atom stereocenters. The van der Waals surface area contributed by atoms with Gasteiger partial charge in [-0.25, -0.2) is 4.79 Å². The quantitative estimate of drug-likeness (QED) is 0.464. The van der Waals surface area contributed by atoms with E-state index in [9.17, 15) is 4.79 Å². The maximum absolute atomic E-state index is 10.9. The van der Waals surface area contributed by atoms with Crippen LogP contribution < -0.4 is 10.6 Å². The van der Waals surface area contributed by atoms with Crippen LogP contribution in [0.3, 0.4) is 0 Å². The first-order chi connectivity index (χ1) is 5.74. The number of hydrogen-bond donors (Lipinski definition) is 2. The molecule has 68 valence electrons. The molecule has 0 aromatic heterocycles. The molecule has 0 amide bonds. The van der Waals surface area contributed by atoms with Gasteiger partial charge in [-0.2, -0.15) is 0 Å². The number of esters is 1. The molecule has 1 aliphatic rings. The molecule has 0 radical (unpaired) electrons. The first-order valence-electron chi connectivity index (χ1n) is 3.95. The van der Waals surface area contributed by atoms with Gasteiger partial charge >= 0.3 is 5.97 Å². The third kappa shape index (κ3) is 2.34. The van der Waals surface area contributed by atoms with E-state index in [0.29, 0.717) is 18.1 Å². The molecule has 1 aliphatic heterocycles. The SMILES string of the molecule is CCNC(=S)NC1CCOC1=O. The Morgan fingerprint density at radius 1 is 1.83 bits per heavy atom. The molecule has 0 aliphatic carbocycles. The second-order valence-corrected chi connectivity index (χ2v) is 2.92. The largest absolute Gasteiger partial charge is 0.464 e. The van der Waals surface area contributed by atoms with Crippen molar-refractivity contribution in [3.05, 3.63) is 0 Å². The molecule has 1 rings (SSSR count). The minimum absolute atomic E-state index is 0.213. The van der Waals surface area contributed by atoms with Gasteiger partial charge in [0.15, 0.2) is 5.11 Å². The average Bonchev–Trinajstić information content (AvgIpc) is 2.37. The third-order valence-electron chi connectivity index (χ3n) is 1.58. The second-order valence-electron chi connectivity index (χ2n) is 2.51. The average molecular weight is 188 g/mol. The molecule has 1 saturated heterocycles. The molecule has 0 saturated carbocycles. The van der Waals surface area contributed by atoms with Crippen molar-refractivity contribution in [3.8, 4) is 0 Å². The van der Waals surface area contributed by atoms with Gasteiger partial charge in [-0.15, -0.1) is 0 Å². The van der Waals surface area contributed by atoms with E-state index in [2.05, 4.69) is 10.6 Å². The molecule has 12 heavy (non-hydrogen) atoms. The zero-order valence-electron chi connectivity index (χ0n) is 6.92. The smallest absolute Gasteiger partial charge is 0.328 e. The minimum atomic E-state index is -0.253. The van der Waals surface area contributed by atoms with Crippen molar-refractivity contribution in [2.24, 2.45) is 0 Å². The van der Waals surface area contributed by atoms with Gasteiger partial charge < -0.3 is 15.4 Å². The monoisotopic (exact) mass is 188 g/mol. The van der Waals surface area contributed by atoms with Crippen molar-refractivity contribution in [3.63, 3.8) is 0 Å². The van der Waals surface area contributed by atoms with Crippen LogP contribution in [0.2, 0.25) is 0 Å². The maximum atomic E-state index is 10.9. The summed E-state index contributed by atoms with van der Waals surface area (Å²) in [5, 5.41) is 6.30. The molecular weight excluding hydrogens is 176 g/mol. The number of thiocarbonyl (C=S) groups is 1. The van der Waals surface area contributed by atoms with Gasteiger partial charge in [0, 0.05) is 13.0 Å². The number of carbonyl (C=O) groups is 1. The van der Waals surface area contributed by atoms with Gasteiger partial charge in [-0.05, 0) is 19.1 Å². The van der Waals surface area contributed by atoms with Crippen LogP contribution in [0, 0.1) is 0 Å². The van der Waals surface area contributed by atoms with E-state index in [1.807, 2.05) is 6.92 Å². The molecule has 1 atom stereocenters. The lowest BCUT2D eigenvalue weighted by Crippen LogP contribution is -2.43. The predicted molar refractivity (Wildman–Crippen MR) is 48.8 cm³/mol. The second kappa shape index (κ2) is 4.25. The van der Waals surface area contributed by atoms with E-state index in [-0.39, 0.29) is 12.0 Å². The zero-order valence-corrected chi connectivity index (χ0v) is 7.74. The van der Waals surface area contributed by atoms with Crippen LogP contribution in [0.5, 0.6) is 0 Å². The van der Waals surface area contributed by atoms with Crippen molar-refractivity contribution >= 4 is 23.3 Å². The number of hydrogen-bond acceptors (Lipinski definition) is 3. The lowest BCUT2D eigenvalue weighted by atomic mass is 10.2. The number of cyclic esters (lactones) is 1. The van der Waals surface area contributed by atoms with Gasteiger partial charge in [-0.1, -0.05) is 0 Å². The highest BCUT2D eigenvalue weighted by atomic mass is 32.1. The van der Waals surface area contributed by atoms with Crippen LogP contribution in [0.15, 0.2) is 0 Å². The van der Waals surface area contributed by atoms with Crippen LogP contribution in [0.25, 0.3) is 0 Å². The van der Waals surface area contributed by atoms with Crippen LogP contribution >= 0.6 is 12.2 Å². The summed E-state index contributed by atoms with van der Waals surface area (Å²) < 4.78 is 4.76. The lowest BCUT2D eigenvalue weighted by Gasteiger charge is -2.11. The van der Waals surface area contributed by atoms with Gasteiger partial charge in [0.25, 0.3) is 0 Å². The normalized spacial score (nSPS) is 21.8. The number of rotatable bonds is 2. The van der Waals surface area contributed by atoms with Gasteiger partial charge in [0.2, 0.25) is 0 Å². The topological polar surface area (TPSA) is 50.4 Å². The van der Waals surface area contributed by atoms with Crippen molar-refractivity contribution in [2.45, 2.75) is 19.4 Å². The highest BCUT2D eigenvalue weighted by Crippen LogP contribution is 2.04. The molecule has 1 heterocycles. The van der Waals surface area contributed by atoms with E-state index in [1.54, 1.807) is 0 Å². The van der Waals surface area contributed by atoms with Crippen molar-refractivity contribution < 1.29 is 9.53 Å². The number of ether oxygens (including phenoxy) is 1.